The maximum Gasteiger partial charge on any atom is 0.345 e. The summed E-state index contributed by atoms with van der Waals surface area (Å²) in [5.41, 5.74) is 0. The van der Waals surface area contributed by atoms with Crippen molar-refractivity contribution in [3.8, 4) is 0 Å². The van der Waals surface area contributed by atoms with Gasteiger partial charge in [-0.05, 0) is 48.9 Å². The van der Waals surface area contributed by atoms with Gasteiger partial charge in [0.2, 0.25) is 0 Å². The van der Waals surface area contributed by atoms with Crippen LogP contribution in [0.2, 0.25) is 0 Å². The molecule has 3 nitrogen and oxygen atoms in total. The van der Waals surface area contributed by atoms with Crippen molar-refractivity contribution in [2.75, 3.05) is 18.1 Å². The molecule has 0 spiro atoms. The van der Waals surface area contributed by atoms with Crippen LogP contribution in [0.1, 0.15) is 27.4 Å². The van der Waals surface area contributed by atoms with Gasteiger partial charge < -0.3 is 10.4 Å². The van der Waals surface area contributed by atoms with E-state index in [9.17, 15) is 4.79 Å². The average molecular weight is 271 g/mol. The minimum atomic E-state index is -0.828. The number of thiophene rings is 1. The Morgan fingerprint density at radius 1 is 1.41 bits per heavy atom. The molecule has 1 aromatic rings. The SMILES string of the molecule is O=C(O)c1ccc(CNCC2CCSCC2)s1. The molecule has 0 amide bonds. The quantitative estimate of drug-likeness (QED) is 0.864. The van der Waals surface area contributed by atoms with Crippen LogP contribution in [0, 0.1) is 5.92 Å². The second-order valence-electron chi connectivity index (χ2n) is 4.26. The molecular formula is C12H17NO2S2. The van der Waals surface area contributed by atoms with Crippen molar-refractivity contribution in [3.63, 3.8) is 0 Å². The van der Waals surface area contributed by atoms with Gasteiger partial charge in [-0.15, -0.1) is 11.3 Å². The van der Waals surface area contributed by atoms with Crippen LogP contribution in [0.4, 0.5) is 0 Å². The molecule has 0 aromatic carbocycles. The van der Waals surface area contributed by atoms with Gasteiger partial charge in [0, 0.05) is 11.4 Å². The smallest absolute Gasteiger partial charge is 0.345 e. The number of carboxylic acid groups (broad SMARTS) is 1. The number of carboxylic acids is 1. The van der Waals surface area contributed by atoms with Crippen molar-refractivity contribution < 1.29 is 9.90 Å². The van der Waals surface area contributed by atoms with Crippen molar-refractivity contribution in [1.82, 2.24) is 5.32 Å². The lowest BCUT2D eigenvalue weighted by atomic mass is 10.0. The lowest BCUT2D eigenvalue weighted by molar-refractivity contribution is 0.0702. The fourth-order valence-electron chi connectivity index (χ4n) is 1.94. The third kappa shape index (κ3) is 4.01. The van der Waals surface area contributed by atoms with Gasteiger partial charge in [-0.3, -0.25) is 0 Å². The summed E-state index contributed by atoms with van der Waals surface area (Å²) in [6, 6.07) is 3.58. The molecular weight excluding hydrogens is 254 g/mol. The van der Waals surface area contributed by atoms with Crippen molar-refractivity contribution >= 4 is 29.1 Å². The molecule has 2 rings (SSSR count). The molecule has 0 bridgehead atoms. The Morgan fingerprint density at radius 2 is 2.18 bits per heavy atom. The topological polar surface area (TPSA) is 49.3 Å². The van der Waals surface area contributed by atoms with Gasteiger partial charge in [0.25, 0.3) is 0 Å². The first-order valence-electron chi connectivity index (χ1n) is 5.86. The Balaban J connectivity index is 1.71. The van der Waals surface area contributed by atoms with E-state index < -0.39 is 5.97 Å². The third-order valence-electron chi connectivity index (χ3n) is 2.95. The van der Waals surface area contributed by atoms with E-state index in [1.54, 1.807) is 6.07 Å². The van der Waals surface area contributed by atoms with Crippen LogP contribution < -0.4 is 5.32 Å². The molecule has 0 aliphatic carbocycles. The van der Waals surface area contributed by atoms with Crippen LogP contribution in [-0.2, 0) is 6.54 Å². The van der Waals surface area contributed by atoms with Crippen LogP contribution in [0.25, 0.3) is 0 Å². The lowest BCUT2D eigenvalue weighted by Gasteiger charge is -2.21. The van der Waals surface area contributed by atoms with E-state index in [4.69, 9.17) is 5.11 Å². The summed E-state index contributed by atoms with van der Waals surface area (Å²) >= 11 is 3.41. The zero-order valence-electron chi connectivity index (χ0n) is 9.65. The Morgan fingerprint density at radius 3 is 2.82 bits per heavy atom. The van der Waals surface area contributed by atoms with Gasteiger partial charge in [0.1, 0.15) is 4.88 Å². The van der Waals surface area contributed by atoms with Crippen molar-refractivity contribution in [3.05, 3.63) is 21.9 Å². The largest absolute Gasteiger partial charge is 0.477 e. The molecule has 0 atom stereocenters. The fourth-order valence-corrected chi connectivity index (χ4v) is 3.96. The van der Waals surface area contributed by atoms with Gasteiger partial charge in [0.05, 0.1) is 0 Å². The Bertz CT molecular complexity index is 372. The summed E-state index contributed by atoms with van der Waals surface area (Å²) in [7, 11) is 0. The monoisotopic (exact) mass is 271 g/mol. The van der Waals surface area contributed by atoms with Crippen LogP contribution in [0.15, 0.2) is 12.1 Å². The molecule has 1 fully saturated rings. The summed E-state index contributed by atoms with van der Waals surface area (Å²) in [6.45, 7) is 1.85. The zero-order valence-corrected chi connectivity index (χ0v) is 11.3. The van der Waals surface area contributed by atoms with Crippen LogP contribution in [-0.4, -0.2) is 29.1 Å². The Labute approximate surface area is 110 Å². The number of aromatic carboxylic acids is 1. The minimum absolute atomic E-state index is 0.427. The first kappa shape index (κ1) is 12.9. The van der Waals surface area contributed by atoms with Gasteiger partial charge in [-0.25, -0.2) is 4.79 Å². The number of carbonyl (C=O) groups is 1. The summed E-state index contributed by atoms with van der Waals surface area (Å²) < 4.78 is 0. The number of hydrogen-bond donors (Lipinski definition) is 2. The van der Waals surface area contributed by atoms with Gasteiger partial charge in [0.15, 0.2) is 0 Å². The third-order valence-corrected chi connectivity index (χ3v) is 5.07. The molecule has 1 aliphatic heterocycles. The van der Waals surface area contributed by atoms with Gasteiger partial charge in [-0.1, -0.05) is 0 Å². The molecule has 1 aliphatic rings. The molecule has 2 N–H and O–H groups in total. The average Bonchev–Trinajstić information content (AvgIpc) is 2.79. The summed E-state index contributed by atoms with van der Waals surface area (Å²) in [5.74, 6) is 2.55. The van der Waals surface area contributed by atoms with Crippen molar-refractivity contribution in [1.29, 1.82) is 0 Å². The first-order valence-corrected chi connectivity index (χ1v) is 7.83. The Hall–Kier alpha value is -0.520. The molecule has 0 radical (unpaired) electrons. The van der Waals surface area contributed by atoms with Crippen molar-refractivity contribution in [2.45, 2.75) is 19.4 Å². The van der Waals surface area contributed by atoms with Crippen LogP contribution in [0.5, 0.6) is 0 Å². The highest BCUT2D eigenvalue weighted by Gasteiger charge is 2.13. The normalized spacial score (nSPS) is 17.2. The van der Waals surface area contributed by atoms with Crippen LogP contribution >= 0.6 is 23.1 Å². The molecule has 5 heteroatoms. The molecule has 0 saturated carbocycles. The molecule has 1 aromatic heterocycles. The predicted molar refractivity (Wildman–Crippen MR) is 73.0 cm³/mol. The summed E-state index contributed by atoms with van der Waals surface area (Å²) in [4.78, 5) is 12.3. The number of rotatable bonds is 5. The van der Waals surface area contributed by atoms with Gasteiger partial charge in [-0.2, -0.15) is 11.8 Å². The second kappa shape index (κ2) is 6.42. The maximum absolute atomic E-state index is 10.7. The molecule has 94 valence electrons. The number of thioether (sulfide) groups is 1. The van der Waals surface area contributed by atoms with E-state index in [0.29, 0.717) is 4.88 Å². The second-order valence-corrected chi connectivity index (χ2v) is 6.65. The highest BCUT2D eigenvalue weighted by Crippen LogP contribution is 2.22. The summed E-state index contributed by atoms with van der Waals surface area (Å²) in [5, 5.41) is 12.2. The highest BCUT2D eigenvalue weighted by atomic mass is 32.2. The standard InChI is InChI=1S/C12H17NO2S2/c14-12(15)11-2-1-10(17-11)8-13-7-9-3-5-16-6-4-9/h1-2,9,13H,3-8H2,(H,14,15). The maximum atomic E-state index is 10.7. The molecule has 2 heterocycles. The molecule has 0 unspecified atom stereocenters. The van der Waals surface area contributed by atoms with E-state index in [2.05, 4.69) is 5.32 Å². The number of nitrogens with one attached hydrogen (secondary N) is 1. The first-order chi connectivity index (χ1) is 8.25. The number of hydrogen-bond acceptors (Lipinski definition) is 4. The Kier molecular flexibility index (Phi) is 4.88. The van der Waals surface area contributed by atoms with E-state index in [1.165, 1.54) is 35.7 Å². The van der Waals surface area contributed by atoms with E-state index in [-0.39, 0.29) is 0 Å². The van der Waals surface area contributed by atoms with Gasteiger partial charge >= 0.3 is 5.97 Å². The van der Waals surface area contributed by atoms with Crippen LogP contribution in [0.3, 0.4) is 0 Å². The zero-order chi connectivity index (χ0) is 12.1. The molecule has 17 heavy (non-hydrogen) atoms. The van der Waals surface area contributed by atoms with E-state index in [0.717, 1.165) is 23.9 Å². The van der Waals surface area contributed by atoms with Crippen molar-refractivity contribution in [2.24, 2.45) is 5.92 Å². The lowest BCUT2D eigenvalue weighted by Crippen LogP contribution is -2.25. The fraction of sp³-hybridized carbons (Fsp3) is 0.583. The summed E-state index contributed by atoms with van der Waals surface area (Å²) in [6.07, 6.45) is 2.62. The van der Waals surface area contributed by atoms with E-state index in [1.807, 2.05) is 17.8 Å². The predicted octanol–water partition coefficient (Wildman–Crippen LogP) is 2.68. The van der Waals surface area contributed by atoms with E-state index >= 15 is 0 Å². The highest BCUT2D eigenvalue weighted by molar-refractivity contribution is 7.99. The molecule has 1 saturated heterocycles. The minimum Gasteiger partial charge on any atom is -0.477 e.